The zero-order valence-corrected chi connectivity index (χ0v) is 9.64. The Kier molecular flexibility index (Phi) is 4.65. The number of nitrogens with zero attached hydrogens (tertiary/aromatic N) is 1. The second-order valence-corrected chi connectivity index (χ2v) is 4.03. The first-order chi connectivity index (χ1) is 7.15. The van der Waals surface area contributed by atoms with Gasteiger partial charge in [-0.25, -0.2) is 8.78 Å². The molecule has 16 heavy (non-hydrogen) atoms. The van der Waals surface area contributed by atoms with E-state index in [2.05, 4.69) is 4.90 Å². The Hall–Kier alpha value is -0.710. The second-order valence-electron chi connectivity index (χ2n) is 4.03. The minimum Gasteiger partial charge on any atom is -0.326 e. The highest BCUT2D eigenvalue weighted by Gasteiger charge is 2.19. The Balaban J connectivity index is 0.00000128. The van der Waals surface area contributed by atoms with Crippen molar-refractivity contribution in [3.8, 4) is 0 Å². The fourth-order valence-corrected chi connectivity index (χ4v) is 1.90. The largest absolute Gasteiger partial charge is 0.326 e. The summed E-state index contributed by atoms with van der Waals surface area (Å²) in [5.41, 5.74) is 6.55. The van der Waals surface area contributed by atoms with Crippen LogP contribution >= 0.6 is 12.4 Å². The van der Waals surface area contributed by atoms with Crippen LogP contribution in [0.25, 0.3) is 0 Å². The molecule has 1 aliphatic heterocycles. The van der Waals surface area contributed by atoms with E-state index in [4.69, 9.17) is 5.73 Å². The highest BCUT2D eigenvalue weighted by molar-refractivity contribution is 5.85. The number of hydrogen-bond acceptors (Lipinski definition) is 2. The van der Waals surface area contributed by atoms with Gasteiger partial charge in [-0.15, -0.1) is 12.4 Å². The van der Waals surface area contributed by atoms with Gasteiger partial charge in [0.25, 0.3) is 0 Å². The van der Waals surface area contributed by atoms with E-state index in [9.17, 15) is 8.78 Å². The van der Waals surface area contributed by atoms with E-state index in [-0.39, 0.29) is 18.4 Å². The molecule has 2 N–H and O–H groups in total. The molecular weight excluding hydrogens is 234 g/mol. The third-order valence-electron chi connectivity index (χ3n) is 2.70. The minimum absolute atomic E-state index is 0. The summed E-state index contributed by atoms with van der Waals surface area (Å²) >= 11 is 0. The van der Waals surface area contributed by atoms with Crippen LogP contribution in [0.1, 0.15) is 12.0 Å². The summed E-state index contributed by atoms with van der Waals surface area (Å²) in [5.74, 6) is -1.58. The molecule has 1 aromatic rings. The number of hydrogen-bond donors (Lipinski definition) is 1. The first-order valence-electron chi connectivity index (χ1n) is 5.07. The molecule has 1 atom stereocenters. The lowest BCUT2D eigenvalue weighted by molar-refractivity contribution is 0.326. The van der Waals surface area contributed by atoms with E-state index in [1.165, 1.54) is 12.1 Å². The fourth-order valence-electron chi connectivity index (χ4n) is 1.90. The molecule has 0 saturated carbocycles. The molecule has 1 heterocycles. The SMILES string of the molecule is Cl.N[C@H]1CCN(Cc2ccc(F)c(F)c2)C1. The Morgan fingerprint density at radius 3 is 2.62 bits per heavy atom. The first kappa shape index (κ1) is 13.4. The topological polar surface area (TPSA) is 29.3 Å². The van der Waals surface area contributed by atoms with Crippen molar-refractivity contribution in [1.29, 1.82) is 0 Å². The van der Waals surface area contributed by atoms with Gasteiger partial charge in [-0.2, -0.15) is 0 Å². The standard InChI is InChI=1S/C11H14F2N2.ClH/c12-10-2-1-8(5-11(10)13)6-15-4-3-9(14)7-15;/h1-2,5,9H,3-4,6-7,14H2;1H/t9-;/m0./s1. The molecule has 0 unspecified atom stereocenters. The molecule has 0 bridgehead atoms. The van der Waals surface area contributed by atoms with Crippen LogP contribution in [0.15, 0.2) is 18.2 Å². The highest BCUT2D eigenvalue weighted by atomic mass is 35.5. The number of nitrogens with two attached hydrogens (primary N) is 1. The van der Waals surface area contributed by atoms with Gasteiger partial charge in [0.15, 0.2) is 11.6 Å². The predicted molar refractivity (Wildman–Crippen MR) is 61.5 cm³/mol. The minimum atomic E-state index is -0.795. The molecule has 0 aliphatic carbocycles. The highest BCUT2D eigenvalue weighted by Crippen LogP contribution is 2.14. The summed E-state index contributed by atoms with van der Waals surface area (Å²) in [5, 5.41) is 0. The maximum atomic E-state index is 12.9. The summed E-state index contributed by atoms with van der Waals surface area (Å²) < 4.78 is 25.6. The van der Waals surface area contributed by atoms with Gasteiger partial charge < -0.3 is 5.73 Å². The van der Waals surface area contributed by atoms with Crippen molar-refractivity contribution < 1.29 is 8.78 Å². The Bertz CT molecular complexity index is 360. The average Bonchev–Trinajstić information content (AvgIpc) is 2.58. The van der Waals surface area contributed by atoms with Crippen molar-refractivity contribution >= 4 is 12.4 Å². The summed E-state index contributed by atoms with van der Waals surface area (Å²) in [4.78, 5) is 2.15. The zero-order valence-electron chi connectivity index (χ0n) is 8.83. The third kappa shape index (κ3) is 3.14. The molecule has 2 rings (SSSR count). The van der Waals surface area contributed by atoms with E-state index in [1.54, 1.807) is 6.07 Å². The smallest absolute Gasteiger partial charge is 0.159 e. The van der Waals surface area contributed by atoms with Crippen LogP contribution in [-0.4, -0.2) is 24.0 Å². The van der Waals surface area contributed by atoms with Crippen LogP contribution in [0.3, 0.4) is 0 Å². The molecule has 0 aromatic heterocycles. The van der Waals surface area contributed by atoms with Crippen LogP contribution in [0.5, 0.6) is 0 Å². The maximum Gasteiger partial charge on any atom is 0.159 e. The van der Waals surface area contributed by atoms with E-state index < -0.39 is 11.6 Å². The Labute approximate surface area is 99.8 Å². The molecule has 0 amide bonds. The van der Waals surface area contributed by atoms with Gasteiger partial charge in [-0.3, -0.25) is 4.90 Å². The van der Waals surface area contributed by atoms with E-state index in [0.717, 1.165) is 25.1 Å². The molecule has 1 saturated heterocycles. The molecule has 0 radical (unpaired) electrons. The van der Waals surface area contributed by atoms with E-state index in [1.807, 2.05) is 0 Å². The van der Waals surface area contributed by atoms with Crippen LogP contribution < -0.4 is 5.73 Å². The summed E-state index contributed by atoms with van der Waals surface area (Å²) in [6.45, 7) is 2.41. The summed E-state index contributed by atoms with van der Waals surface area (Å²) in [6, 6.07) is 4.25. The van der Waals surface area contributed by atoms with Crippen molar-refractivity contribution in [3.63, 3.8) is 0 Å². The van der Waals surface area contributed by atoms with Crippen LogP contribution in [-0.2, 0) is 6.54 Å². The van der Waals surface area contributed by atoms with Crippen molar-refractivity contribution in [2.45, 2.75) is 19.0 Å². The van der Waals surface area contributed by atoms with E-state index in [0.29, 0.717) is 6.54 Å². The Morgan fingerprint density at radius 2 is 2.06 bits per heavy atom. The normalized spacial score (nSPS) is 20.8. The molecule has 1 fully saturated rings. The molecule has 1 aromatic carbocycles. The van der Waals surface area contributed by atoms with Gasteiger partial charge in [0.05, 0.1) is 0 Å². The molecule has 90 valence electrons. The predicted octanol–water partition coefficient (Wildman–Crippen LogP) is 1.92. The van der Waals surface area contributed by atoms with Crippen LogP contribution in [0.4, 0.5) is 8.78 Å². The zero-order chi connectivity index (χ0) is 10.8. The quantitative estimate of drug-likeness (QED) is 0.867. The van der Waals surface area contributed by atoms with Gasteiger partial charge in [-0.1, -0.05) is 6.07 Å². The lowest BCUT2D eigenvalue weighted by atomic mass is 10.2. The van der Waals surface area contributed by atoms with Crippen molar-refractivity contribution in [2.24, 2.45) is 5.73 Å². The Morgan fingerprint density at radius 1 is 1.31 bits per heavy atom. The van der Waals surface area contributed by atoms with Crippen molar-refractivity contribution in [1.82, 2.24) is 4.90 Å². The number of halogens is 3. The fraction of sp³-hybridized carbons (Fsp3) is 0.455. The summed E-state index contributed by atoms with van der Waals surface area (Å²) in [6.07, 6.45) is 0.976. The third-order valence-corrected chi connectivity index (χ3v) is 2.70. The van der Waals surface area contributed by atoms with Crippen molar-refractivity contribution in [3.05, 3.63) is 35.4 Å². The number of rotatable bonds is 2. The van der Waals surface area contributed by atoms with E-state index >= 15 is 0 Å². The lowest BCUT2D eigenvalue weighted by Gasteiger charge is -2.14. The van der Waals surface area contributed by atoms with Gasteiger partial charge in [0, 0.05) is 25.7 Å². The molecular formula is C11H15ClF2N2. The first-order valence-corrected chi connectivity index (χ1v) is 5.07. The maximum absolute atomic E-state index is 12.9. The van der Waals surface area contributed by atoms with Gasteiger partial charge in [0.2, 0.25) is 0 Å². The number of benzene rings is 1. The van der Waals surface area contributed by atoms with Crippen LogP contribution in [0, 0.1) is 11.6 Å². The van der Waals surface area contributed by atoms with Gasteiger partial charge >= 0.3 is 0 Å². The monoisotopic (exact) mass is 248 g/mol. The molecule has 5 heteroatoms. The van der Waals surface area contributed by atoms with Gasteiger partial charge in [-0.05, 0) is 24.1 Å². The van der Waals surface area contributed by atoms with Gasteiger partial charge in [0.1, 0.15) is 0 Å². The molecule has 1 aliphatic rings. The van der Waals surface area contributed by atoms with Crippen LogP contribution in [0.2, 0.25) is 0 Å². The van der Waals surface area contributed by atoms with Crippen molar-refractivity contribution in [2.75, 3.05) is 13.1 Å². The summed E-state index contributed by atoms with van der Waals surface area (Å²) in [7, 11) is 0. The average molecular weight is 249 g/mol. The second kappa shape index (κ2) is 5.57. The molecule has 0 spiro atoms. The number of likely N-dealkylation sites (tertiary alicyclic amines) is 1. The molecule has 2 nitrogen and oxygen atoms in total. The lowest BCUT2D eigenvalue weighted by Crippen LogP contribution is -2.26.